The number of rotatable bonds is 6. The standard InChI is InChI=1S/C14H18BrNO4/c1-4-9(2)16-13(17)8-20-12-6-5-10(7-11(12)15)14(18)19-3/h5-7,9H,4,8H2,1-3H3,(H,16,17). The molecule has 20 heavy (non-hydrogen) atoms. The van der Waals surface area contributed by atoms with Gasteiger partial charge in [0.15, 0.2) is 6.61 Å². The molecule has 0 saturated carbocycles. The van der Waals surface area contributed by atoms with E-state index in [4.69, 9.17) is 4.74 Å². The quantitative estimate of drug-likeness (QED) is 0.806. The zero-order valence-corrected chi connectivity index (χ0v) is 13.3. The average molecular weight is 344 g/mol. The van der Waals surface area contributed by atoms with Crippen LogP contribution < -0.4 is 10.1 Å². The van der Waals surface area contributed by atoms with E-state index in [1.54, 1.807) is 18.2 Å². The fraction of sp³-hybridized carbons (Fsp3) is 0.429. The number of esters is 1. The average Bonchev–Trinajstić information content (AvgIpc) is 2.44. The third-order valence-corrected chi connectivity index (χ3v) is 3.35. The number of carbonyl (C=O) groups excluding carboxylic acids is 2. The third kappa shape index (κ3) is 4.85. The second-order valence-corrected chi connectivity index (χ2v) is 5.16. The second kappa shape index (κ2) is 7.89. The Kier molecular flexibility index (Phi) is 6.51. The van der Waals surface area contributed by atoms with Gasteiger partial charge in [-0.1, -0.05) is 6.92 Å². The van der Waals surface area contributed by atoms with E-state index in [1.165, 1.54) is 7.11 Å². The number of amides is 1. The van der Waals surface area contributed by atoms with E-state index in [0.717, 1.165) is 6.42 Å². The molecule has 0 aliphatic heterocycles. The van der Waals surface area contributed by atoms with Crippen LogP contribution in [0.3, 0.4) is 0 Å². The first-order chi connectivity index (χ1) is 9.47. The van der Waals surface area contributed by atoms with Crippen molar-refractivity contribution in [2.75, 3.05) is 13.7 Å². The third-order valence-electron chi connectivity index (χ3n) is 2.73. The van der Waals surface area contributed by atoms with Gasteiger partial charge in [-0.15, -0.1) is 0 Å². The predicted molar refractivity (Wildman–Crippen MR) is 78.9 cm³/mol. The van der Waals surface area contributed by atoms with Gasteiger partial charge in [0.1, 0.15) is 5.75 Å². The molecule has 1 aromatic carbocycles. The summed E-state index contributed by atoms with van der Waals surface area (Å²) < 4.78 is 10.6. The number of carbonyl (C=O) groups is 2. The van der Waals surface area contributed by atoms with Crippen LogP contribution in [0.2, 0.25) is 0 Å². The van der Waals surface area contributed by atoms with Crippen LogP contribution >= 0.6 is 15.9 Å². The normalized spacial score (nSPS) is 11.6. The van der Waals surface area contributed by atoms with Crippen molar-refractivity contribution in [2.24, 2.45) is 0 Å². The van der Waals surface area contributed by atoms with Gasteiger partial charge in [0.2, 0.25) is 0 Å². The number of hydrogen-bond donors (Lipinski definition) is 1. The summed E-state index contributed by atoms with van der Waals surface area (Å²) in [4.78, 5) is 22.9. The van der Waals surface area contributed by atoms with E-state index in [-0.39, 0.29) is 18.6 Å². The minimum Gasteiger partial charge on any atom is -0.483 e. The molecule has 0 spiro atoms. The van der Waals surface area contributed by atoms with E-state index in [9.17, 15) is 9.59 Å². The zero-order chi connectivity index (χ0) is 15.1. The molecule has 0 aliphatic carbocycles. The number of benzene rings is 1. The summed E-state index contributed by atoms with van der Waals surface area (Å²) in [7, 11) is 1.32. The van der Waals surface area contributed by atoms with Crippen LogP contribution in [-0.4, -0.2) is 31.6 Å². The first-order valence-electron chi connectivity index (χ1n) is 6.28. The highest BCUT2D eigenvalue weighted by Gasteiger charge is 2.11. The maximum atomic E-state index is 11.6. The van der Waals surface area contributed by atoms with Crippen molar-refractivity contribution in [1.82, 2.24) is 5.32 Å². The number of ether oxygens (including phenoxy) is 2. The van der Waals surface area contributed by atoms with Crippen molar-refractivity contribution in [2.45, 2.75) is 26.3 Å². The highest BCUT2D eigenvalue weighted by atomic mass is 79.9. The molecule has 1 atom stereocenters. The maximum absolute atomic E-state index is 11.6. The lowest BCUT2D eigenvalue weighted by Crippen LogP contribution is -2.35. The Morgan fingerprint density at radius 1 is 1.40 bits per heavy atom. The topological polar surface area (TPSA) is 64.6 Å². The smallest absolute Gasteiger partial charge is 0.337 e. The maximum Gasteiger partial charge on any atom is 0.337 e. The highest BCUT2D eigenvalue weighted by Crippen LogP contribution is 2.26. The Bertz CT molecular complexity index is 490. The molecule has 1 rings (SSSR count). The lowest BCUT2D eigenvalue weighted by molar-refractivity contribution is -0.123. The van der Waals surface area contributed by atoms with Crippen LogP contribution in [0.25, 0.3) is 0 Å². The van der Waals surface area contributed by atoms with Crippen molar-refractivity contribution >= 4 is 27.8 Å². The second-order valence-electron chi connectivity index (χ2n) is 4.30. The molecule has 110 valence electrons. The molecule has 0 radical (unpaired) electrons. The summed E-state index contributed by atoms with van der Waals surface area (Å²) in [5.74, 6) is -0.105. The molecule has 0 saturated heterocycles. The van der Waals surface area contributed by atoms with Gasteiger partial charge in [-0.3, -0.25) is 4.79 Å². The SMILES string of the molecule is CCC(C)NC(=O)COc1ccc(C(=O)OC)cc1Br. The van der Waals surface area contributed by atoms with Crippen LogP contribution in [0.15, 0.2) is 22.7 Å². The molecule has 0 aromatic heterocycles. The Labute approximate surface area is 126 Å². The van der Waals surface area contributed by atoms with Crippen LogP contribution in [-0.2, 0) is 9.53 Å². The number of nitrogens with one attached hydrogen (secondary N) is 1. The molecular weight excluding hydrogens is 326 g/mol. The Balaban J connectivity index is 2.61. The van der Waals surface area contributed by atoms with E-state index in [0.29, 0.717) is 15.8 Å². The largest absolute Gasteiger partial charge is 0.483 e. The van der Waals surface area contributed by atoms with E-state index in [1.807, 2.05) is 13.8 Å². The van der Waals surface area contributed by atoms with Crippen molar-refractivity contribution in [3.63, 3.8) is 0 Å². The molecule has 1 unspecified atom stereocenters. The monoisotopic (exact) mass is 343 g/mol. The Morgan fingerprint density at radius 2 is 2.10 bits per heavy atom. The first kappa shape index (κ1) is 16.5. The van der Waals surface area contributed by atoms with Crippen molar-refractivity contribution < 1.29 is 19.1 Å². The van der Waals surface area contributed by atoms with Gasteiger partial charge >= 0.3 is 5.97 Å². The molecule has 1 amide bonds. The van der Waals surface area contributed by atoms with E-state index in [2.05, 4.69) is 26.0 Å². The van der Waals surface area contributed by atoms with Crippen molar-refractivity contribution in [3.8, 4) is 5.75 Å². The molecule has 0 aliphatic rings. The van der Waals surface area contributed by atoms with Gasteiger partial charge in [-0.05, 0) is 47.5 Å². The first-order valence-corrected chi connectivity index (χ1v) is 7.07. The van der Waals surface area contributed by atoms with Crippen molar-refractivity contribution in [1.29, 1.82) is 0 Å². The molecular formula is C14H18BrNO4. The molecule has 1 aromatic rings. The highest BCUT2D eigenvalue weighted by molar-refractivity contribution is 9.10. The van der Waals surface area contributed by atoms with E-state index >= 15 is 0 Å². The predicted octanol–water partition coefficient (Wildman–Crippen LogP) is 2.53. The number of halogens is 1. The minimum absolute atomic E-state index is 0.0689. The number of hydrogen-bond acceptors (Lipinski definition) is 4. The molecule has 5 nitrogen and oxygen atoms in total. The number of methoxy groups -OCH3 is 1. The van der Waals surface area contributed by atoms with Gasteiger partial charge in [0, 0.05) is 6.04 Å². The summed E-state index contributed by atoms with van der Waals surface area (Å²) in [5.41, 5.74) is 0.413. The molecule has 6 heteroatoms. The fourth-order valence-electron chi connectivity index (χ4n) is 1.42. The minimum atomic E-state index is -0.424. The molecule has 0 heterocycles. The summed E-state index contributed by atoms with van der Waals surface area (Å²) in [6.45, 7) is 3.85. The lowest BCUT2D eigenvalue weighted by atomic mass is 10.2. The van der Waals surface area contributed by atoms with Crippen LogP contribution in [0.5, 0.6) is 5.75 Å². The lowest BCUT2D eigenvalue weighted by Gasteiger charge is -2.13. The Hall–Kier alpha value is -1.56. The zero-order valence-electron chi connectivity index (χ0n) is 11.7. The summed E-state index contributed by atoms with van der Waals surface area (Å²) in [6.07, 6.45) is 0.864. The fourth-order valence-corrected chi connectivity index (χ4v) is 1.92. The van der Waals surface area contributed by atoms with Gasteiger partial charge in [0.25, 0.3) is 5.91 Å². The van der Waals surface area contributed by atoms with Gasteiger partial charge in [-0.2, -0.15) is 0 Å². The summed E-state index contributed by atoms with van der Waals surface area (Å²) in [5, 5.41) is 2.80. The summed E-state index contributed by atoms with van der Waals surface area (Å²) >= 11 is 3.29. The Morgan fingerprint density at radius 3 is 2.65 bits per heavy atom. The van der Waals surface area contributed by atoms with Crippen molar-refractivity contribution in [3.05, 3.63) is 28.2 Å². The van der Waals surface area contributed by atoms with Crippen LogP contribution in [0.4, 0.5) is 0 Å². The molecule has 0 fully saturated rings. The molecule has 0 bridgehead atoms. The van der Waals surface area contributed by atoms with Gasteiger partial charge < -0.3 is 14.8 Å². The van der Waals surface area contributed by atoms with Gasteiger partial charge in [0.05, 0.1) is 17.1 Å². The van der Waals surface area contributed by atoms with E-state index < -0.39 is 5.97 Å². The van der Waals surface area contributed by atoms with Crippen LogP contribution in [0, 0.1) is 0 Å². The summed E-state index contributed by atoms with van der Waals surface area (Å²) in [6, 6.07) is 4.91. The molecule has 1 N–H and O–H groups in total. The van der Waals surface area contributed by atoms with Crippen LogP contribution in [0.1, 0.15) is 30.6 Å². The van der Waals surface area contributed by atoms with Gasteiger partial charge in [-0.25, -0.2) is 4.79 Å².